The number of thiazole rings is 1. The highest BCUT2D eigenvalue weighted by Crippen LogP contribution is 2.32. The van der Waals surface area contributed by atoms with Gasteiger partial charge in [-0.1, -0.05) is 27.7 Å². The summed E-state index contributed by atoms with van der Waals surface area (Å²) in [6.45, 7) is 14.3. The molecule has 1 unspecified atom stereocenters. The van der Waals surface area contributed by atoms with Crippen molar-refractivity contribution in [2.45, 2.75) is 59.4 Å². The summed E-state index contributed by atoms with van der Waals surface area (Å²) in [7, 11) is 0. The van der Waals surface area contributed by atoms with Crippen LogP contribution in [0.2, 0.25) is 0 Å². The predicted octanol–water partition coefficient (Wildman–Crippen LogP) is 3.81. The summed E-state index contributed by atoms with van der Waals surface area (Å²) in [4.78, 5) is 6.08. The first-order valence-electron chi connectivity index (χ1n) is 6.07. The molecule has 1 N–H and O–H groups in total. The topological polar surface area (TPSA) is 24.9 Å². The fraction of sp³-hybridized carbons (Fsp3) is 0.769. The Kier molecular flexibility index (Phi) is 4.51. The third-order valence-corrected chi connectivity index (χ3v) is 4.33. The largest absolute Gasteiger partial charge is 0.309 e. The van der Waals surface area contributed by atoms with E-state index in [4.69, 9.17) is 0 Å². The fourth-order valence-corrected chi connectivity index (χ4v) is 2.73. The van der Waals surface area contributed by atoms with Crippen molar-refractivity contribution < 1.29 is 0 Å². The normalized spacial score (nSPS) is 14.1. The van der Waals surface area contributed by atoms with Crippen molar-refractivity contribution in [3.8, 4) is 0 Å². The van der Waals surface area contributed by atoms with E-state index >= 15 is 0 Å². The van der Waals surface area contributed by atoms with Crippen LogP contribution in [0, 0.1) is 6.92 Å². The maximum Gasteiger partial charge on any atom is 0.0985 e. The van der Waals surface area contributed by atoms with Gasteiger partial charge in [-0.15, -0.1) is 11.3 Å². The quantitative estimate of drug-likeness (QED) is 0.865. The van der Waals surface area contributed by atoms with Crippen molar-refractivity contribution in [3.05, 3.63) is 15.6 Å². The molecule has 1 aromatic rings. The minimum Gasteiger partial charge on any atom is -0.309 e. The lowest BCUT2D eigenvalue weighted by Crippen LogP contribution is -2.18. The van der Waals surface area contributed by atoms with E-state index in [9.17, 15) is 0 Å². The second kappa shape index (κ2) is 5.28. The molecular weight excluding hydrogens is 216 g/mol. The van der Waals surface area contributed by atoms with Crippen LogP contribution in [-0.2, 0) is 5.41 Å². The second-order valence-corrected chi connectivity index (χ2v) is 6.43. The molecule has 1 atom stereocenters. The summed E-state index contributed by atoms with van der Waals surface area (Å²) in [5, 5.41) is 4.77. The Balaban J connectivity index is 2.85. The molecule has 0 aliphatic rings. The van der Waals surface area contributed by atoms with E-state index in [0.717, 1.165) is 6.54 Å². The molecule has 0 saturated heterocycles. The van der Waals surface area contributed by atoms with Gasteiger partial charge in [-0.05, 0) is 26.8 Å². The van der Waals surface area contributed by atoms with Crippen LogP contribution < -0.4 is 5.32 Å². The minimum atomic E-state index is 0.165. The molecule has 0 spiro atoms. The van der Waals surface area contributed by atoms with E-state index in [1.807, 2.05) is 11.3 Å². The monoisotopic (exact) mass is 240 g/mol. The molecule has 2 nitrogen and oxygen atoms in total. The van der Waals surface area contributed by atoms with Gasteiger partial charge in [0.2, 0.25) is 0 Å². The lowest BCUT2D eigenvalue weighted by Gasteiger charge is -2.14. The Morgan fingerprint density at radius 1 is 1.38 bits per heavy atom. The van der Waals surface area contributed by atoms with Crippen molar-refractivity contribution >= 4 is 11.3 Å². The first-order chi connectivity index (χ1) is 7.36. The first kappa shape index (κ1) is 13.7. The van der Waals surface area contributed by atoms with Crippen LogP contribution in [0.15, 0.2) is 0 Å². The second-order valence-electron chi connectivity index (χ2n) is 5.39. The summed E-state index contributed by atoms with van der Waals surface area (Å²) in [6, 6.07) is 0.425. The molecule has 1 rings (SSSR count). The van der Waals surface area contributed by atoms with Crippen LogP contribution >= 0.6 is 11.3 Å². The summed E-state index contributed by atoms with van der Waals surface area (Å²) in [5.41, 5.74) is 1.35. The van der Waals surface area contributed by atoms with Gasteiger partial charge in [0.1, 0.15) is 0 Å². The number of rotatable bonds is 4. The van der Waals surface area contributed by atoms with Gasteiger partial charge >= 0.3 is 0 Å². The average Bonchev–Trinajstić information content (AvgIpc) is 2.56. The number of hydrogen-bond donors (Lipinski definition) is 1. The van der Waals surface area contributed by atoms with E-state index < -0.39 is 0 Å². The molecule has 0 aliphatic heterocycles. The molecule has 0 saturated carbocycles. The van der Waals surface area contributed by atoms with Crippen molar-refractivity contribution in [3.63, 3.8) is 0 Å². The zero-order valence-electron chi connectivity index (χ0n) is 11.3. The van der Waals surface area contributed by atoms with Crippen molar-refractivity contribution in [2.24, 2.45) is 0 Å². The van der Waals surface area contributed by atoms with Crippen molar-refractivity contribution in [1.29, 1.82) is 0 Å². The lowest BCUT2D eigenvalue weighted by molar-refractivity contribution is 0.574. The van der Waals surface area contributed by atoms with E-state index in [1.54, 1.807) is 0 Å². The maximum atomic E-state index is 4.69. The smallest absolute Gasteiger partial charge is 0.0985 e. The number of hydrogen-bond acceptors (Lipinski definition) is 3. The highest BCUT2D eigenvalue weighted by molar-refractivity contribution is 7.12. The van der Waals surface area contributed by atoms with Crippen molar-refractivity contribution in [2.75, 3.05) is 6.54 Å². The van der Waals surface area contributed by atoms with Crippen molar-refractivity contribution in [1.82, 2.24) is 10.3 Å². The van der Waals surface area contributed by atoms with Gasteiger partial charge in [0.25, 0.3) is 0 Å². The molecule has 0 amide bonds. The highest BCUT2D eigenvalue weighted by Gasteiger charge is 2.21. The van der Waals surface area contributed by atoms with Gasteiger partial charge in [-0.25, -0.2) is 4.98 Å². The Morgan fingerprint density at radius 3 is 2.44 bits per heavy atom. The molecule has 92 valence electrons. The molecular formula is C13H24N2S. The summed E-state index contributed by atoms with van der Waals surface area (Å²) in [5.74, 6) is 0. The third-order valence-electron chi connectivity index (χ3n) is 2.57. The molecule has 1 heterocycles. The third kappa shape index (κ3) is 3.29. The Bertz CT molecular complexity index is 336. The van der Waals surface area contributed by atoms with Crippen LogP contribution in [0.3, 0.4) is 0 Å². The van der Waals surface area contributed by atoms with Crippen LogP contribution in [0.1, 0.15) is 62.7 Å². The molecule has 0 aromatic carbocycles. The van der Waals surface area contributed by atoms with Gasteiger partial charge in [-0.2, -0.15) is 0 Å². The Morgan fingerprint density at radius 2 is 2.00 bits per heavy atom. The number of aromatic nitrogens is 1. The number of aryl methyl sites for hydroxylation is 1. The van der Waals surface area contributed by atoms with Gasteiger partial charge in [0.15, 0.2) is 0 Å². The lowest BCUT2D eigenvalue weighted by atomic mass is 9.98. The minimum absolute atomic E-state index is 0.165. The standard InChI is InChI=1S/C13H24N2S/c1-7-8-14-9(2)11-10(3)15-12(16-11)13(4,5)6/h9,14H,7-8H2,1-6H3. The average molecular weight is 240 g/mol. The van der Waals surface area contributed by atoms with Crippen LogP contribution in [-0.4, -0.2) is 11.5 Å². The van der Waals surface area contributed by atoms with Crippen LogP contribution in [0.25, 0.3) is 0 Å². The molecule has 0 bridgehead atoms. The fourth-order valence-electron chi connectivity index (χ4n) is 1.58. The van der Waals surface area contributed by atoms with Crippen LogP contribution in [0.5, 0.6) is 0 Å². The van der Waals surface area contributed by atoms with E-state index in [1.165, 1.54) is 22.0 Å². The number of nitrogens with zero attached hydrogens (tertiary/aromatic N) is 1. The molecule has 1 aromatic heterocycles. The van der Waals surface area contributed by atoms with Gasteiger partial charge in [0.05, 0.1) is 10.7 Å². The zero-order chi connectivity index (χ0) is 12.3. The summed E-state index contributed by atoms with van der Waals surface area (Å²) < 4.78 is 0. The molecule has 0 aliphatic carbocycles. The first-order valence-corrected chi connectivity index (χ1v) is 6.89. The Hall–Kier alpha value is -0.410. The Labute approximate surface area is 103 Å². The highest BCUT2D eigenvalue weighted by atomic mass is 32.1. The molecule has 0 radical (unpaired) electrons. The zero-order valence-corrected chi connectivity index (χ0v) is 12.2. The molecule has 0 fully saturated rings. The van der Waals surface area contributed by atoms with E-state index in [-0.39, 0.29) is 5.41 Å². The molecule has 16 heavy (non-hydrogen) atoms. The predicted molar refractivity (Wildman–Crippen MR) is 72.3 cm³/mol. The van der Waals surface area contributed by atoms with Crippen LogP contribution in [0.4, 0.5) is 0 Å². The van der Waals surface area contributed by atoms with E-state index in [0.29, 0.717) is 6.04 Å². The molecule has 3 heteroatoms. The maximum absolute atomic E-state index is 4.69. The van der Waals surface area contributed by atoms with Gasteiger partial charge < -0.3 is 5.32 Å². The summed E-state index contributed by atoms with van der Waals surface area (Å²) >= 11 is 1.85. The van der Waals surface area contributed by atoms with Gasteiger partial charge in [-0.3, -0.25) is 0 Å². The SMILES string of the molecule is CCCNC(C)c1sc(C(C)(C)C)nc1C. The number of nitrogens with one attached hydrogen (secondary N) is 1. The van der Waals surface area contributed by atoms with E-state index in [2.05, 4.69) is 51.8 Å². The summed E-state index contributed by atoms with van der Waals surface area (Å²) in [6.07, 6.45) is 1.17. The van der Waals surface area contributed by atoms with Gasteiger partial charge in [0, 0.05) is 16.3 Å².